The summed E-state index contributed by atoms with van der Waals surface area (Å²) in [6, 6.07) is 0. The van der Waals surface area contributed by atoms with Gasteiger partial charge in [0, 0.05) is 0 Å². The minimum absolute atomic E-state index is 0.0424. The van der Waals surface area contributed by atoms with Gasteiger partial charge in [-0.15, -0.1) is 0 Å². The van der Waals surface area contributed by atoms with Crippen LogP contribution in [0.2, 0.25) is 0 Å². The molecule has 0 aromatic heterocycles. The third kappa shape index (κ3) is 3.23. The Morgan fingerprint density at radius 2 is 1.85 bits per heavy atom. The monoisotopic (exact) mass is 373 g/mol. The molecule has 2 nitrogen and oxygen atoms in total. The molecule has 2 heteroatoms. The molecule has 2 N–H and O–H groups in total. The number of hydrogen-bond donors (Lipinski definition) is 2. The van der Waals surface area contributed by atoms with Crippen molar-refractivity contribution >= 4 is 0 Å². The van der Waals surface area contributed by atoms with E-state index in [2.05, 4.69) is 39.1 Å². The molecule has 3 saturated carbocycles. The van der Waals surface area contributed by atoms with Gasteiger partial charge < -0.3 is 10.4 Å². The van der Waals surface area contributed by atoms with Crippen LogP contribution in [0.4, 0.5) is 0 Å². The van der Waals surface area contributed by atoms with Crippen molar-refractivity contribution < 1.29 is 5.11 Å². The smallest absolute Gasteiger partial charge is 0.0543 e. The van der Waals surface area contributed by atoms with Crippen LogP contribution >= 0.6 is 0 Å². The van der Waals surface area contributed by atoms with Crippen molar-refractivity contribution in [3.8, 4) is 0 Å². The summed E-state index contributed by atoms with van der Waals surface area (Å²) in [5, 5.41) is 13.9. The number of rotatable bonds is 5. The highest BCUT2D eigenvalue weighted by Crippen LogP contribution is 2.66. The van der Waals surface area contributed by atoms with Crippen LogP contribution in [-0.2, 0) is 0 Å². The summed E-state index contributed by atoms with van der Waals surface area (Å²) in [6.07, 6.45) is 14.1. The Morgan fingerprint density at radius 1 is 1.11 bits per heavy atom. The SMILES string of the molecule is CCCNC[C@@H](C)[C@H]1CC[C@H]2C3=CCC4C[C@@H](O)CC[C@]4(C)[C@H]3CC[C@]12C. The molecule has 8 atom stereocenters. The summed E-state index contributed by atoms with van der Waals surface area (Å²) in [5.74, 6) is 4.02. The summed E-state index contributed by atoms with van der Waals surface area (Å²) in [7, 11) is 0. The Morgan fingerprint density at radius 3 is 2.63 bits per heavy atom. The number of nitrogens with one attached hydrogen (secondary N) is 1. The molecule has 0 radical (unpaired) electrons. The highest BCUT2D eigenvalue weighted by molar-refractivity contribution is 5.27. The van der Waals surface area contributed by atoms with E-state index < -0.39 is 0 Å². The zero-order valence-electron chi connectivity index (χ0n) is 18.3. The lowest BCUT2D eigenvalue weighted by Gasteiger charge is -2.57. The van der Waals surface area contributed by atoms with Crippen molar-refractivity contribution in [1.82, 2.24) is 5.32 Å². The third-order valence-electron chi connectivity index (χ3n) is 9.71. The molecular weight excluding hydrogens is 330 g/mol. The van der Waals surface area contributed by atoms with Gasteiger partial charge in [-0.25, -0.2) is 0 Å². The largest absolute Gasteiger partial charge is 0.393 e. The Hall–Kier alpha value is -0.340. The second kappa shape index (κ2) is 7.48. The lowest BCUT2D eigenvalue weighted by Crippen LogP contribution is -2.50. The standard InChI is InChI=1S/C25H43NO/c1-5-14-26-16-17(2)21-8-9-22-20-7-6-18-15-19(27)10-12-24(18,3)23(20)11-13-25(21,22)4/h7,17-19,21-23,26-27H,5-6,8-16H2,1-4H3/t17-,18?,19+,21-,22+,23+,24+,25-/m1/s1. The van der Waals surface area contributed by atoms with Crippen LogP contribution in [0.15, 0.2) is 11.6 Å². The molecule has 27 heavy (non-hydrogen) atoms. The minimum Gasteiger partial charge on any atom is -0.393 e. The van der Waals surface area contributed by atoms with Gasteiger partial charge in [-0.2, -0.15) is 0 Å². The van der Waals surface area contributed by atoms with Gasteiger partial charge in [0.05, 0.1) is 6.10 Å². The van der Waals surface area contributed by atoms with Crippen LogP contribution in [0.3, 0.4) is 0 Å². The van der Waals surface area contributed by atoms with Crippen molar-refractivity contribution in [1.29, 1.82) is 0 Å². The van der Waals surface area contributed by atoms with E-state index in [4.69, 9.17) is 0 Å². The summed E-state index contributed by atoms with van der Waals surface area (Å²) in [4.78, 5) is 0. The normalized spacial score (nSPS) is 47.6. The van der Waals surface area contributed by atoms with Gasteiger partial charge in [-0.05, 0) is 111 Å². The maximum absolute atomic E-state index is 10.2. The minimum atomic E-state index is -0.0424. The van der Waals surface area contributed by atoms with Crippen molar-refractivity contribution in [2.75, 3.05) is 13.1 Å². The van der Waals surface area contributed by atoms with Crippen LogP contribution < -0.4 is 5.32 Å². The van der Waals surface area contributed by atoms with Gasteiger partial charge >= 0.3 is 0 Å². The summed E-state index contributed by atoms with van der Waals surface area (Å²) in [6.45, 7) is 12.3. The third-order valence-corrected chi connectivity index (χ3v) is 9.71. The molecule has 0 saturated heterocycles. The highest BCUT2D eigenvalue weighted by atomic mass is 16.3. The van der Waals surface area contributed by atoms with Gasteiger partial charge in [0.15, 0.2) is 0 Å². The lowest BCUT2D eigenvalue weighted by atomic mass is 9.47. The summed E-state index contributed by atoms with van der Waals surface area (Å²) >= 11 is 0. The quantitative estimate of drug-likeness (QED) is 0.488. The first kappa shape index (κ1) is 20.0. The van der Waals surface area contributed by atoms with Gasteiger partial charge in [-0.3, -0.25) is 0 Å². The van der Waals surface area contributed by atoms with E-state index in [0.717, 1.165) is 43.1 Å². The van der Waals surface area contributed by atoms with Gasteiger partial charge in [0.25, 0.3) is 0 Å². The van der Waals surface area contributed by atoms with Crippen LogP contribution in [0, 0.1) is 40.4 Å². The first-order valence-corrected chi connectivity index (χ1v) is 12.0. The second-order valence-electron chi connectivity index (χ2n) is 11.1. The molecule has 1 unspecified atom stereocenters. The second-order valence-corrected chi connectivity index (χ2v) is 11.1. The maximum Gasteiger partial charge on any atom is 0.0543 e. The molecule has 0 aromatic carbocycles. The number of hydrogen-bond acceptors (Lipinski definition) is 2. The average molecular weight is 374 g/mol. The Balaban J connectivity index is 1.53. The van der Waals surface area contributed by atoms with E-state index in [1.165, 1.54) is 51.5 Å². The topological polar surface area (TPSA) is 32.3 Å². The fraction of sp³-hybridized carbons (Fsp3) is 0.920. The lowest BCUT2D eigenvalue weighted by molar-refractivity contribution is -0.0424. The van der Waals surface area contributed by atoms with Crippen LogP contribution in [0.1, 0.15) is 85.5 Å². The van der Waals surface area contributed by atoms with Crippen LogP contribution in [0.5, 0.6) is 0 Å². The first-order chi connectivity index (χ1) is 12.9. The van der Waals surface area contributed by atoms with E-state index >= 15 is 0 Å². The van der Waals surface area contributed by atoms with Gasteiger partial charge in [0.1, 0.15) is 0 Å². The molecule has 4 aliphatic carbocycles. The molecule has 3 fully saturated rings. The van der Waals surface area contributed by atoms with E-state index in [1.807, 2.05) is 5.57 Å². The zero-order valence-corrected chi connectivity index (χ0v) is 18.3. The fourth-order valence-electron chi connectivity index (χ4n) is 8.11. The van der Waals surface area contributed by atoms with Gasteiger partial charge in [0.2, 0.25) is 0 Å². The number of allylic oxidation sites excluding steroid dienone is 2. The summed E-state index contributed by atoms with van der Waals surface area (Å²) < 4.78 is 0. The van der Waals surface area contributed by atoms with Crippen molar-refractivity contribution in [3.05, 3.63) is 11.6 Å². The molecule has 0 aromatic rings. The predicted molar refractivity (Wildman–Crippen MR) is 114 cm³/mol. The van der Waals surface area contributed by atoms with Crippen molar-refractivity contribution in [2.24, 2.45) is 40.4 Å². The molecule has 0 bridgehead atoms. The van der Waals surface area contributed by atoms with Crippen LogP contribution in [0.25, 0.3) is 0 Å². The van der Waals surface area contributed by atoms with E-state index in [1.54, 1.807) is 0 Å². The predicted octanol–water partition coefficient (Wildman–Crippen LogP) is 5.56. The van der Waals surface area contributed by atoms with E-state index in [9.17, 15) is 5.11 Å². The fourth-order valence-corrected chi connectivity index (χ4v) is 8.11. The van der Waals surface area contributed by atoms with Crippen LogP contribution in [-0.4, -0.2) is 24.3 Å². The van der Waals surface area contributed by atoms with Gasteiger partial charge in [-0.1, -0.05) is 39.3 Å². The zero-order chi connectivity index (χ0) is 19.2. The number of fused-ring (bicyclic) bond motifs is 5. The average Bonchev–Trinajstić information content (AvgIpc) is 3.00. The highest BCUT2D eigenvalue weighted by Gasteiger charge is 2.58. The summed E-state index contributed by atoms with van der Waals surface area (Å²) in [5.41, 5.74) is 2.83. The molecule has 0 amide bonds. The van der Waals surface area contributed by atoms with Crippen molar-refractivity contribution in [2.45, 2.75) is 91.6 Å². The molecule has 0 heterocycles. The molecule has 4 aliphatic rings. The maximum atomic E-state index is 10.2. The Bertz CT molecular complexity index is 571. The Labute approximate surface area is 167 Å². The Kier molecular flexibility index (Phi) is 5.53. The van der Waals surface area contributed by atoms with E-state index in [0.29, 0.717) is 16.7 Å². The molecule has 4 rings (SSSR count). The molecule has 154 valence electrons. The van der Waals surface area contributed by atoms with Crippen molar-refractivity contribution in [3.63, 3.8) is 0 Å². The number of aliphatic hydroxyl groups excluding tert-OH is 1. The number of aliphatic hydroxyl groups is 1. The van der Waals surface area contributed by atoms with E-state index in [-0.39, 0.29) is 6.10 Å². The molecule has 0 aliphatic heterocycles. The first-order valence-electron chi connectivity index (χ1n) is 12.0. The molecule has 0 spiro atoms. The molecular formula is C25H43NO.